The van der Waals surface area contributed by atoms with Gasteiger partial charge >= 0.3 is 0 Å². The molecule has 0 bridgehead atoms. The highest BCUT2D eigenvalue weighted by atomic mass is 79.9. The van der Waals surface area contributed by atoms with Gasteiger partial charge < -0.3 is 5.32 Å². The van der Waals surface area contributed by atoms with E-state index < -0.39 is 0 Å². The third-order valence-electron chi connectivity index (χ3n) is 2.09. The van der Waals surface area contributed by atoms with Gasteiger partial charge in [0.05, 0.1) is 17.4 Å². The standard InChI is InChI=1S/C9H11BrN4/c1-11-3-2-7-8-6-12-4-5-14(8)9(10)13-7/h4-6,11H,2-3H2,1H3. The summed E-state index contributed by atoms with van der Waals surface area (Å²) in [6.45, 7) is 0.925. The van der Waals surface area contributed by atoms with Gasteiger partial charge in [0.1, 0.15) is 0 Å². The lowest BCUT2D eigenvalue weighted by Crippen LogP contribution is -2.10. The third kappa shape index (κ3) is 1.65. The molecule has 2 aromatic rings. The highest BCUT2D eigenvalue weighted by Gasteiger charge is 2.07. The summed E-state index contributed by atoms with van der Waals surface area (Å²) in [5.74, 6) is 0. The number of aromatic nitrogens is 3. The van der Waals surface area contributed by atoms with Crippen LogP contribution in [0.4, 0.5) is 0 Å². The molecule has 0 unspecified atom stereocenters. The molecule has 0 aliphatic rings. The second-order valence-electron chi connectivity index (χ2n) is 3.01. The number of fused-ring (bicyclic) bond motifs is 1. The normalized spacial score (nSPS) is 11.0. The smallest absolute Gasteiger partial charge is 0.182 e. The Balaban J connectivity index is 2.44. The van der Waals surface area contributed by atoms with Gasteiger partial charge in [-0.25, -0.2) is 4.98 Å². The number of halogens is 1. The summed E-state index contributed by atoms with van der Waals surface area (Å²) in [4.78, 5) is 8.52. The molecule has 0 atom stereocenters. The lowest BCUT2D eigenvalue weighted by Gasteiger charge is -1.96. The van der Waals surface area contributed by atoms with Crippen molar-refractivity contribution >= 4 is 21.4 Å². The zero-order valence-corrected chi connectivity index (χ0v) is 9.45. The molecule has 0 fully saturated rings. The van der Waals surface area contributed by atoms with Gasteiger partial charge in [0, 0.05) is 25.4 Å². The summed E-state index contributed by atoms with van der Waals surface area (Å²) in [5.41, 5.74) is 2.13. The number of likely N-dealkylation sites (N-methyl/N-ethyl adjacent to an activating group) is 1. The molecule has 0 aliphatic carbocycles. The van der Waals surface area contributed by atoms with Crippen molar-refractivity contribution in [3.8, 4) is 0 Å². The summed E-state index contributed by atoms with van der Waals surface area (Å²) in [5, 5.41) is 3.11. The van der Waals surface area contributed by atoms with Crippen LogP contribution >= 0.6 is 15.9 Å². The zero-order chi connectivity index (χ0) is 9.97. The summed E-state index contributed by atoms with van der Waals surface area (Å²) in [7, 11) is 1.94. The number of rotatable bonds is 3. The summed E-state index contributed by atoms with van der Waals surface area (Å²) < 4.78 is 2.82. The van der Waals surface area contributed by atoms with E-state index in [1.54, 1.807) is 6.20 Å². The molecule has 0 aromatic carbocycles. The first kappa shape index (κ1) is 9.61. The van der Waals surface area contributed by atoms with Gasteiger partial charge in [-0.3, -0.25) is 9.38 Å². The largest absolute Gasteiger partial charge is 0.319 e. The Morgan fingerprint density at radius 2 is 2.43 bits per heavy atom. The Morgan fingerprint density at radius 1 is 1.57 bits per heavy atom. The molecule has 4 nitrogen and oxygen atoms in total. The molecule has 0 saturated carbocycles. The van der Waals surface area contributed by atoms with Crippen LogP contribution in [0.2, 0.25) is 0 Å². The average molecular weight is 255 g/mol. The van der Waals surface area contributed by atoms with Crippen molar-refractivity contribution in [2.24, 2.45) is 0 Å². The van der Waals surface area contributed by atoms with Crippen LogP contribution < -0.4 is 5.32 Å². The van der Waals surface area contributed by atoms with E-state index in [-0.39, 0.29) is 0 Å². The SMILES string of the molecule is CNCCc1nc(Br)n2ccncc12. The van der Waals surface area contributed by atoms with E-state index in [2.05, 4.69) is 31.2 Å². The van der Waals surface area contributed by atoms with Crippen molar-refractivity contribution in [3.63, 3.8) is 0 Å². The van der Waals surface area contributed by atoms with Gasteiger partial charge in [0.15, 0.2) is 4.73 Å². The van der Waals surface area contributed by atoms with E-state index in [0.717, 1.165) is 28.9 Å². The number of nitrogens with one attached hydrogen (secondary N) is 1. The van der Waals surface area contributed by atoms with E-state index >= 15 is 0 Å². The molecular formula is C9H11BrN4. The summed E-state index contributed by atoms with van der Waals surface area (Å²) in [6, 6.07) is 0. The highest BCUT2D eigenvalue weighted by molar-refractivity contribution is 9.10. The van der Waals surface area contributed by atoms with Gasteiger partial charge in [-0.05, 0) is 23.0 Å². The van der Waals surface area contributed by atoms with Crippen molar-refractivity contribution in [1.29, 1.82) is 0 Å². The molecule has 0 amide bonds. The Bertz CT molecular complexity index is 437. The third-order valence-corrected chi connectivity index (χ3v) is 2.65. The Morgan fingerprint density at radius 3 is 3.21 bits per heavy atom. The van der Waals surface area contributed by atoms with Gasteiger partial charge in [-0.1, -0.05) is 0 Å². The number of hydrogen-bond acceptors (Lipinski definition) is 3. The first-order valence-corrected chi connectivity index (χ1v) is 5.23. The first-order chi connectivity index (χ1) is 6.83. The van der Waals surface area contributed by atoms with Crippen LogP contribution in [0.1, 0.15) is 5.69 Å². The van der Waals surface area contributed by atoms with Gasteiger partial charge in [-0.2, -0.15) is 0 Å². The second kappa shape index (κ2) is 4.06. The molecular weight excluding hydrogens is 244 g/mol. The van der Waals surface area contributed by atoms with Gasteiger partial charge in [0.25, 0.3) is 0 Å². The second-order valence-corrected chi connectivity index (χ2v) is 3.72. The quantitative estimate of drug-likeness (QED) is 0.897. The Kier molecular flexibility index (Phi) is 2.79. The molecule has 2 aromatic heterocycles. The maximum Gasteiger partial charge on any atom is 0.182 e. The maximum atomic E-state index is 4.43. The number of hydrogen-bond donors (Lipinski definition) is 1. The van der Waals surface area contributed by atoms with E-state index in [9.17, 15) is 0 Å². The van der Waals surface area contributed by atoms with Crippen molar-refractivity contribution < 1.29 is 0 Å². The minimum absolute atomic E-state index is 0.834. The van der Waals surface area contributed by atoms with Crippen molar-refractivity contribution in [2.45, 2.75) is 6.42 Å². The Hall–Kier alpha value is -0.940. The highest BCUT2D eigenvalue weighted by Crippen LogP contribution is 2.16. The monoisotopic (exact) mass is 254 g/mol. The zero-order valence-electron chi connectivity index (χ0n) is 7.87. The van der Waals surface area contributed by atoms with Crippen LogP contribution in [0, 0.1) is 0 Å². The Labute approximate surface area is 90.5 Å². The van der Waals surface area contributed by atoms with Crippen LogP contribution in [0.5, 0.6) is 0 Å². The summed E-state index contributed by atoms with van der Waals surface area (Å²) >= 11 is 3.41. The van der Waals surface area contributed by atoms with Gasteiger partial charge in [0.2, 0.25) is 0 Å². The average Bonchev–Trinajstić information content (AvgIpc) is 2.54. The van der Waals surface area contributed by atoms with Crippen LogP contribution in [-0.2, 0) is 6.42 Å². The molecule has 2 heterocycles. The van der Waals surface area contributed by atoms with Crippen molar-refractivity contribution in [3.05, 3.63) is 29.0 Å². The van der Waals surface area contributed by atoms with Crippen molar-refractivity contribution in [1.82, 2.24) is 19.7 Å². The van der Waals surface area contributed by atoms with Crippen LogP contribution in [0.15, 0.2) is 23.3 Å². The fourth-order valence-electron chi connectivity index (χ4n) is 1.39. The van der Waals surface area contributed by atoms with E-state index in [1.807, 2.05) is 23.8 Å². The minimum Gasteiger partial charge on any atom is -0.319 e. The predicted octanol–water partition coefficient (Wildman–Crippen LogP) is 1.25. The number of imidazole rings is 1. The molecule has 14 heavy (non-hydrogen) atoms. The fraction of sp³-hybridized carbons (Fsp3) is 0.333. The lowest BCUT2D eigenvalue weighted by molar-refractivity contribution is 0.782. The lowest BCUT2D eigenvalue weighted by atomic mass is 10.3. The maximum absolute atomic E-state index is 4.43. The molecule has 0 spiro atoms. The summed E-state index contributed by atoms with van der Waals surface area (Å²) in [6.07, 6.45) is 6.40. The molecule has 5 heteroatoms. The topological polar surface area (TPSA) is 42.2 Å². The van der Waals surface area contributed by atoms with Crippen molar-refractivity contribution in [2.75, 3.05) is 13.6 Å². The van der Waals surface area contributed by atoms with Crippen LogP contribution in [-0.4, -0.2) is 28.0 Å². The molecule has 2 rings (SSSR count). The van der Waals surface area contributed by atoms with Gasteiger partial charge in [-0.15, -0.1) is 0 Å². The molecule has 74 valence electrons. The fourth-order valence-corrected chi connectivity index (χ4v) is 1.91. The molecule has 0 aliphatic heterocycles. The molecule has 0 radical (unpaired) electrons. The first-order valence-electron chi connectivity index (χ1n) is 4.44. The minimum atomic E-state index is 0.834. The predicted molar refractivity (Wildman–Crippen MR) is 58.3 cm³/mol. The van der Waals surface area contributed by atoms with E-state index in [0.29, 0.717) is 0 Å². The molecule has 1 N–H and O–H groups in total. The van der Waals surface area contributed by atoms with Crippen LogP contribution in [0.25, 0.3) is 5.52 Å². The molecule has 0 saturated heterocycles. The number of nitrogens with zero attached hydrogens (tertiary/aromatic N) is 3. The van der Waals surface area contributed by atoms with E-state index in [4.69, 9.17) is 0 Å². The van der Waals surface area contributed by atoms with Crippen LogP contribution in [0.3, 0.4) is 0 Å². The van der Waals surface area contributed by atoms with E-state index in [1.165, 1.54) is 0 Å².